The molecule has 1 aliphatic heterocycles. The third-order valence-corrected chi connectivity index (χ3v) is 7.87. The number of para-hydroxylation sites is 2. The van der Waals surface area contributed by atoms with E-state index in [1.165, 1.54) is 40.0 Å². The molecule has 3 heteroatoms. The van der Waals surface area contributed by atoms with Crippen LogP contribution in [0.2, 0.25) is 0 Å². The number of nitrogens with zero attached hydrogens (tertiary/aromatic N) is 2. The van der Waals surface area contributed by atoms with Crippen LogP contribution in [0.1, 0.15) is 74.8 Å². The Bertz CT molecular complexity index is 1270. The van der Waals surface area contributed by atoms with Gasteiger partial charge in [-0.25, -0.2) is 4.98 Å². The Morgan fingerprint density at radius 2 is 1.61 bits per heavy atom. The molecule has 1 atom stereocenters. The Morgan fingerprint density at radius 3 is 2.31 bits per heavy atom. The molecule has 5 rings (SSSR count). The molecule has 1 unspecified atom stereocenters. The van der Waals surface area contributed by atoms with Crippen molar-refractivity contribution in [3.05, 3.63) is 101 Å². The first-order chi connectivity index (χ1) is 17.4. The van der Waals surface area contributed by atoms with E-state index < -0.39 is 0 Å². The predicted molar refractivity (Wildman–Crippen MR) is 154 cm³/mol. The number of likely N-dealkylation sites (N-methyl/N-ethyl adjacent to an activating group) is 1. The van der Waals surface area contributed by atoms with E-state index in [1.54, 1.807) is 0 Å². The Morgan fingerprint density at radius 1 is 0.889 bits per heavy atom. The second-order valence-electron chi connectivity index (χ2n) is 10.8. The number of fused-ring (bicyclic) bond motifs is 1. The van der Waals surface area contributed by atoms with Gasteiger partial charge in [0.2, 0.25) is 0 Å². The van der Waals surface area contributed by atoms with Crippen molar-refractivity contribution in [3.63, 3.8) is 0 Å². The molecule has 0 fully saturated rings. The summed E-state index contributed by atoms with van der Waals surface area (Å²) in [6.45, 7) is 10.2. The lowest BCUT2D eigenvalue weighted by Gasteiger charge is -2.44. The van der Waals surface area contributed by atoms with E-state index in [0.717, 1.165) is 30.8 Å². The number of nitrogens with one attached hydrogen (secondary N) is 1. The fourth-order valence-electron chi connectivity index (χ4n) is 5.87. The van der Waals surface area contributed by atoms with Crippen LogP contribution in [0.25, 0.3) is 11.3 Å². The number of hydrogen-bond acceptors (Lipinski definition) is 3. The smallest absolute Gasteiger partial charge is 0.104 e. The molecule has 0 radical (unpaired) electrons. The van der Waals surface area contributed by atoms with Gasteiger partial charge in [-0.3, -0.25) is 0 Å². The monoisotopic (exact) mass is 477 g/mol. The van der Waals surface area contributed by atoms with Crippen LogP contribution < -0.4 is 10.2 Å². The molecule has 1 aromatic heterocycles. The Hall–Kier alpha value is -3.33. The van der Waals surface area contributed by atoms with Gasteiger partial charge in [0, 0.05) is 30.5 Å². The van der Waals surface area contributed by atoms with E-state index in [9.17, 15) is 0 Å². The van der Waals surface area contributed by atoms with Crippen LogP contribution in [0, 0.1) is 0 Å². The number of aromatic nitrogens is 1. The van der Waals surface area contributed by atoms with Gasteiger partial charge in [-0.15, -0.1) is 0 Å². The van der Waals surface area contributed by atoms with Gasteiger partial charge >= 0.3 is 0 Å². The predicted octanol–water partition coefficient (Wildman–Crippen LogP) is 8.20. The average molecular weight is 478 g/mol. The second kappa shape index (κ2) is 9.97. The van der Waals surface area contributed by atoms with E-state index in [4.69, 9.17) is 4.98 Å². The Labute approximate surface area is 217 Å². The Balaban J connectivity index is 1.67. The second-order valence-corrected chi connectivity index (χ2v) is 10.8. The number of allylic oxidation sites excluding steroid dienone is 2. The zero-order valence-electron chi connectivity index (χ0n) is 22.4. The largest absolute Gasteiger partial charge is 0.384 e. The van der Waals surface area contributed by atoms with Gasteiger partial charge in [0.25, 0.3) is 0 Å². The molecule has 2 heterocycles. The molecular formula is C33H39N3. The van der Waals surface area contributed by atoms with Crippen LogP contribution >= 0.6 is 0 Å². The topological polar surface area (TPSA) is 28.2 Å². The summed E-state index contributed by atoms with van der Waals surface area (Å²) in [7, 11) is 2.26. The van der Waals surface area contributed by atoms with E-state index >= 15 is 0 Å². The van der Waals surface area contributed by atoms with Crippen molar-refractivity contribution in [2.24, 2.45) is 0 Å². The minimum Gasteiger partial charge on any atom is -0.384 e. The molecule has 186 valence electrons. The van der Waals surface area contributed by atoms with E-state index in [-0.39, 0.29) is 5.54 Å². The molecule has 1 aliphatic carbocycles. The van der Waals surface area contributed by atoms with Crippen LogP contribution in [-0.2, 0) is 12.0 Å². The highest BCUT2D eigenvalue weighted by atomic mass is 15.2. The van der Waals surface area contributed by atoms with Crippen molar-refractivity contribution < 1.29 is 0 Å². The van der Waals surface area contributed by atoms with Gasteiger partial charge in [-0.1, -0.05) is 94.5 Å². The van der Waals surface area contributed by atoms with Crippen molar-refractivity contribution in [2.75, 3.05) is 23.8 Å². The number of pyridine rings is 1. The van der Waals surface area contributed by atoms with Crippen molar-refractivity contribution in [3.8, 4) is 11.3 Å². The minimum absolute atomic E-state index is 0.359. The minimum atomic E-state index is -0.359. The molecule has 0 saturated carbocycles. The van der Waals surface area contributed by atoms with Gasteiger partial charge < -0.3 is 10.2 Å². The number of benzene rings is 2. The molecular weight excluding hydrogens is 438 g/mol. The third-order valence-electron chi connectivity index (χ3n) is 7.87. The summed E-state index contributed by atoms with van der Waals surface area (Å²) >= 11 is 0. The summed E-state index contributed by atoms with van der Waals surface area (Å²) in [4.78, 5) is 7.88. The van der Waals surface area contributed by atoms with Crippen molar-refractivity contribution in [1.82, 2.24) is 4.98 Å². The first-order valence-corrected chi connectivity index (χ1v) is 13.5. The summed E-state index contributed by atoms with van der Waals surface area (Å²) in [5, 5.41) is 3.65. The molecule has 0 spiro atoms. The molecule has 0 saturated heterocycles. The van der Waals surface area contributed by atoms with Gasteiger partial charge in [0.1, 0.15) is 5.54 Å². The first kappa shape index (κ1) is 24.4. The fourth-order valence-corrected chi connectivity index (χ4v) is 5.87. The first-order valence-electron chi connectivity index (χ1n) is 13.5. The van der Waals surface area contributed by atoms with Gasteiger partial charge in [0.05, 0.1) is 11.4 Å². The van der Waals surface area contributed by atoms with Crippen LogP contribution in [0.5, 0.6) is 0 Å². The average Bonchev–Trinajstić information content (AvgIpc) is 2.92. The SMILES string of the molecule is CC(C)c1cccc(C(C)C)c1N(C)C1(c2cccc(-c3cccc4c3NCCC4)n2)C=CC=CC1. The van der Waals surface area contributed by atoms with Crippen LogP contribution in [0.3, 0.4) is 0 Å². The van der Waals surface area contributed by atoms with Crippen LogP contribution in [-0.4, -0.2) is 18.6 Å². The quantitative estimate of drug-likeness (QED) is 0.388. The summed E-state index contributed by atoms with van der Waals surface area (Å²) in [6, 6.07) is 20.0. The number of aryl methyl sites for hydroxylation is 1. The summed E-state index contributed by atoms with van der Waals surface area (Å²) in [6.07, 6.45) is 12.2. The van der Waals surface area contributed by atoms with Crippen molar-refractivity contribution in [1.29, 1.82) is 0 Å². The van der Waals surface area contributed by atoms with Gasteiger partial charge in [-0.05, 0) is 59.9 Å². The maximum absolute atomic E-state index is 5.38. The van der Waals surface area contributed by atoms with Crippen LogP contribution in [0.15, 0.2) is 78.9 Å². The number of rotatable bonds is 6. The molecule has 0 bridgehead atoms. The molecule has 3 aromatic rings. The van der Waals surface area contributed by atoms with Crippen LogP contribution in [0.4, 0.5) is 11.4 Å². The Kier molecular flexibility index (Phi) is 6.75. The zero-order chi connectivity index (χ0) is 25.3. The lowest BCUT2D eigenvalue weighted by molar-refractivity contribution is 0.506. The van der Waals surface area contributed by atoms with Gasteiger partial charge in [0.15, 0.2) is 0 Å². The van der Waals surface area contributed by atoms with Gasteiger partial charge in [-0.2, -0.15) is 0 Å². The molecule has 2 aromatic carbocycles. The molecule has 2 aliphatic rings. The lowest BCUT2D eigenvalue weighted by Crippen LogP contribution is -2.44. The van der Waals surface area contributed by atoms with E-state index in [2.05, 4.69) is 124 Å². The fraction of sp³-hybridized carbons (Fsp3) is 0.364. The zero-order valence-corrected chi connectivity index (χ0v) is 22.4. The highest BCUT2D eigenvalue weighted by molar-refractivity contribution is 5.79. The number of hydrogen-bond donors (Lipinski definition) is 1. The number of anilines is 2. The van der Waals surface area contributed by atoms with Crippen molar-refractivity contribution >= 4 is 11.4 Å². The summed E-state index contributed by atoms with van der Waals surface area (Å²) in [5.41, 5.74) is 9.74. The lowest BCUT2D eigenvalue weighted by atomic mass is 9.82. The molecule has 0 amide bonds. The summed E-state index contributed by atoms with van der Waals surface area (Å²) < 4.78 is 0. The standard InChI is InChI=1S/C33H39N3/c1-23(2)26-15-10-16-27(24(3)4)32(26)36(5)33(20-7-6-8-21-33)30-19-11-18-29(35-30)28-17-9-13-25-14-12-22-34-31(25)28/h6-11,13,15-20,23-24,34H,12,14,21-22H2,1-5H3. The maximum Gasteiger partial charge on any atom is 0.104 e. The third kappa shape index (κ3) is 4.25. The molecule has 1 N–H and O–H groups in total. The summed E-state index contributed by atoms with van der Waals surface area (Å²) in [5.74, 6) is 0.866. The van der Waals surface area contributed by atoms with Crippen molar-refractivity contribution in [2.45, 2.75) is 64.3 Å². The maximum atomic E-state index is 5.38. The highest BCUT2D eigenvalue weighted by Crippen LogP contribution is 2.44. The molecule has 36 heavy (non-hydrogen) atoms. The molecule has 3 nitrogen and oxygen atoms in total. The normalized spacial score (nSPS) is 18.9. The highest BCUT2D eigenvalue weighted by Gasteiger charge is 2.38. The van der Waals surface area contributed by atoms with E-state index in [1.807, 2.05) is 0 Å². The van der Waals surface area contributed by atoms with E-state index in [0.29, 0.717) is 11.8 Å².